The lowest BCUT2D eigenvalue weighted by atomic mass is 10.2. The molecule has 1 heterocycles. The number of aromatic nitrogens is 2. The van der Waals surface area contributed by atoms with Crippen LogP contribution in [0.4, 0.5) is 23.7 Å². The van der Waals surface area contributed by atoms with Crippen LogP contribution in [-0.2, 0) is 12.7 Å². The van der Waals surface area contributed by atoms with Crippen LogP contribution < -0.4 is 15.4 Å². The Morgan fingerprint density at radius 1 is 1.21 bits per heavy atom. The van der Waals surface area contributed by atoms with Crippen LogP contribution in [0.5, 0.6) is 5.75 Å². The summed E-state index contributed by atoms with van der Waals surface area (Å²) in [6.45, 7) is 1.78. The number of urea groups is 1. The molecule has 0 fully saturated rings. The maximum Gasteiger partial charge on any atom is 0.449 e. The van der Waals surface area contributed by atoms with Crippen molar-refractivity contribution in [3.8, 4) is 5.75 Å². The van der Waals surface area contributed by atoms with Gasteiger partial charge < -0.3 is 19.9 Å². The van der Waals surface area contributed by atoms with Crippen LogP contribution in [0.1, 0.15) is 11.4 Å². The Hall–Kier alpha value is -3.23. The van der Waals surface area contributed by atoms with Crippen LogP contribution in [0, 0.1) is 6.92 Å². The third kappa shape index (κ3) is 4.19. The van der Waals surface area contributed by atoms with Crippen molar-refractivity contribution in [1.29, 1.82) is 0 Å². The van der Waals surface area contributed by atoms with E-state index in [9.17, 15) is 18.0 Å². The monoisotopic (exact) mass is 392 g/mol. The van der Waals surface area contributed by atoms with E-state index in [1.54, 1.807) is 30.3 Å². The first-order chi connectivity index (χ1) is 13.3. The van der Waals surface area contributed by atoms with Crippen molar-refractivity contribution in [2.24, 2.45) is 0 Å². The molecule has 0 unspecified atom stereocenters. The van der Waals surface area contributed by atoms with Gasteiger partial charge in [-0.25, -0.2) is 9.78 Å². The minimum atomic E-state index is -4.59. The first-order valence-corrected chi connectivity index (χ1v) is 8.51. The second-order valence-electron chi connectivity index (χ2n) is 6.16. The Balaban J connectivity index is 1.70. The van der Waals surface area contributed by atoms with Crippen LogP contribution in [-0.4, -0.2) is 29.2 Å². The van der Waals surface area contributed by atoms with Crippen molar-refractivity contribution >= 4 is 22.8 Å². The fraction of sp³-hybridized carbons (Fsp3) is 0.263. The molecule has 0 spiro atoms. The van der Waals surface area contributed by atoms with Gasteiger partial charge in [-0.1, -0.05) is 18.2 Å². The van der Waals surface area contributed by atoms with Gasteiger partial charge >= 0.3 is 12.2 Å². The van der Waals surface area contributed by atoms with Crippen LogP contribution >= 0.6 is 0 Å². The quantitative estimate of drug-likeness (QED) is 0.684. The summed E-state index contributed by atoms with van der Waals surface area (Å²) >= 11 is 0. The number of benzene rings is 2. The fourth-order valence-corrected chi connectivity index (χ4v) is 2.89. The molecule has 0 aliphatic carbocycles. The third-order valence-electron chi connectivity index (χ3n) is 4.13. The molecule has 0 saturated carbocycles. The Bertz CT molecular complexity index is 998. The smallest absolute Gasteiger partial charge is 0.449 e. The standard InChI is InChI=1S/C19H19F3N4O2/c1-12-7-8-16(28-2)14(11-12)25-18(27)23-9-10-26-15-6-4-3-5-13(15)24-17(26)19(20,21)22/h3-8,11H,9-10H2,1-2H3,(H2,23,25,27). The van der Waals surface area contributed by atoms with Crippen LogP contribution in [0.25, 0.3) is 11.0 Å². The van der Waals surface area contributed by atoms with Gasteiger partial charge in [-0.2, -0.15) is 13.2 Å². The number of alkyl halides is 3. The number of carbonyl (C=O) groups is 1. The van der Waals surface area contributed by atoms with Gasteiger partial charge in [0, 0.05) is 13.1 Å². The lowest BCUT2D eigenvalue weighted by molar-refractivity contribution is -0.146. The number of fused-ring (bicyclic) bond motifs is 1. The highest BCUT2D eigenvalue weighted by atomic mass is 19.4. The van der Waals surface area contributed by atoms with Gasteiger partial charge in [0.25, 0.3) is 0 Å². The molecule has 0 saturated heterocycles. The topological polar surface area (TPSA) is 68.2 Å². The number of halogens is 3. The summed E-state index contributed by atoms with van der Waals surface area (Å²) in [7, 11) is 1.48. The number of methoxy groups -OCH3 is 1. The predicted octanol–water partition coefficient (Wildman–Crippen LogP) is 4.19. The van der Waals surface area contributed by atoms with Gasteiger partial charge in [0.1, 0.15) is 5.75 Å². The summed E-state index contributed by atoms with van der Waals surface area (Å²) in [4.78, 5) is 15.8. The number of nitrogens with one attached hydrogen (secondary N) is 2. The number of hydrogen-bond donors (Lipinski definition) is 2. The maximum absolute atomic E-state index is 13.3. The van der Waals surface area contributed by atoms with Crippen LogP contribution in [0.15, 0.2) is 42.5 Å². The molecule has 28 heavy (non-hydrogen) atoms. The summed E-state index contributed by atoms with van der Waals surface area (Å²) in [5, 5.41) is 5.20. The number of amides is 2. The summed E-state index contributed by atoms with van der Waals surface area (Å²) < 4.78 is 46.1. The second kappa shape index (κ2) is 7.79. The van der Waals surface area contributed by atoms with E-state index in [4.69, 9.17) is 4.74 Å². The third-order valence-corrected chi connectivity index (χ3v) is 4.13. The number of nitrogens with zero attached hydrogens (tertiary/aromatic N) is 2. The average Bonchev–Trinajstić information content (AvgIpc) is 3.01. The number of rotatable bonds is 5. The van der Waals surface area contributed by atoms with E-state index >= 15 is 0 Å². The molecule has 2 N–H and O–H groups in total. The number of para-hydroxylation sites is 2. The maximum atomic E-state index is 13.3. The summed E-state index contributed by atoms with van der Waals surface area (Å²) in [5.41, 5.74) is 2.01. The van der Waals surface area contributed by atoms with Gasteiger partial charge in [0.05, 0.1) is 23.8 Å². The molecule has 148 valence electrons. The lowest BCUT2D eigenvalue weighted by Crippen LogP contribution is -2.32. The zero-order valence-electron chi connectivity index (χ0n) is 15.3. The molecule has 0 aliphatic heterocycles. The minimum Gasteiger partial charge on any atom is -0.495 e. The number of aryl methyl sites for hydroxylation is 1. The second-order valence-corrected chi connectivity index (χ2v) is 6.16. The van der Waals surface area contributed by atoms with E-state index in [2.05, 4.69) is 15.6 Å². The van der Waals surface area contributed by atoms with Crippen LogP contribution in [0.3, 0.4) is 0 Å². The summed E-state index contributed by atoms with van der Waals surface area (Å²) in [5.74, 6) is -0.503. The van der Waals surface area contributed by atoms with Crippen LogP contribution in [0.2, 0.25) is 0 Å². The van der Waals surface area contributed by atoms with E-state index < -0.39 is 18.0 Å². The Morgan fingerprint density at radius 3 is 2.68 bits per heavy atom. The number of anilines is 1. The highest BCUT2D eigenvalue weighted by Crippen LogP contribution is 2.31. The molecule has 0 bridgehead atoms. The average molecular weight is 392 g/mol. The largest absolute Gasteiger partial charge is 0.495 e. The molecule has 2 amide bonds. The molecule has 2 aromatic carbocycles. The number of imidazole rings is 1. The van der Waals surface area contributed by atoms with E-state index in [0.29, 0.717) is 17.0 Å². The van der Waals surface area contributed by atoms with Gasteiger partial charge in [0.2, 0.25) is 5.82 Å². The molecule has 0 aliphatic rings. The highest BCUT2D eigenvalue weighted by Gasteiger charge is 2.37. The number of carbonyl (C=O) groups excluding carboxylic acids is 1. The van der Waals surface area contributed by atoms with Crippen molar-refractivity contribution in [1.82, 2.24) is 14.9 Å². The Morgan fingerprint density at radius 2 is 1.96 bits per heavy atom. The number of hydrogen-bond acceptors (Lipinski definition) is 3. The molecule has 3 aromatic rings. The zero-order chi connectivity index (χ0) is 20.3. The fourth-order valence-electron chi connectivity index (χ4n) is 2.89. The minimum absolute atomic E-state index is 0.0105. The molecule has 9 heteroatoms. The number of ether oxygens (including phenoxy) is 1. The highest BCUT2D eigenvalue weighted by molar-refractivity contribution is 5.91. The molecule has 0 radical (unpaired) electrons. The first-order valence-electron chi connectivity index (χ1n) is 8.51. The van der Waals surface area contributed by atoms with E-state index in [0.717, 1.165) is 10.1 Å². The molecule has 6 nitrogen and oxygen atoms in total. The lowest BCUT2D eigenvalue weighted by Gasteiger charge is -2.14. The van der Waals surface area contributed by atoms with Crippen molar-refractivity contribution in [2.45, 2.75) is 19.6 Å². The van der Waals surface area contributed by atoms with E-state index in [1.807, 2.05) is 13.0 Å². The Kier molecular flexibility index (Phi) is 5.43. The first kappa shape index (κ1) is 19.5. The predicted molar refractivity (Wildman–Crippen MR) is 99.5 cm³/mol. The van der Waals surface area contributed by atoms with Crippen molar-refractivity contribution in [3.05, 3.63) is 53.9 Å². The molecular formula is C19H19F3N4O2. The summed E-state index contributed by atoms with van der Waals surface area (Å²) in [6, 6.07) is 11.1. The van der Waals surface area contributed by atoms with Gasteiger partial charge in [-0.05, 0) is 36.8 Å². The van der Waals surface area contributed by atoms with Gasteiger partial charge in [-0.15, -0.1) is 0 Å². The van der Waals surface area contributed by atoms with Crippen molar-refractivity contribution in [3.63, 3.8) is 0 Å². The van der Waals surface area contributed by atoms with E-state index in [-0.39, 0.29) is 18.6 Å². The summed E-state index contributed by atoms with van der Waals surface area (Å²) in [6.07, 6.45) is -4.59. The van der Waals surface area contributed by atoms with E-state index in [1.165, 1.54) is 13.2 Å². The SMILES string of the molecule is COc1ccc(C)cc1NC(=O)NCCn1c(C(F)(F)F)nc2ccccc21. The van der Waals surface area contributed by atoms with Crippen molar-refractivity contribution < 1.29 is 22.7 Å². The molecule has 1 aromatic heterocycles. The Labute approximate surface area is 159 Å². The van der Waals surface area contributed by atoms with Crippen molar-refractivity contribution in [2.75, 3.05) is 19.0 Å². The molecule has 0 atom stereocenters. The molecular weight excluding hydrogens is 373 g/mol. The van der Waals surface area contributed by atoms with Gasteiger partial charge in [0.15, 0.2) is 0 Å². The molecule has 3 rings (SSSR count). The van der Waals surface area contributed by atoms with Gasteiger partial charge in [-0.3, -0.25) is 0 Å². The normalized spacial score (nSPS) is 11.5. The zero-order valence-corrected chi connectivity index (χ0v) is 15.3.